The van der Waals surface area contributed by atoms with Gasteiger partial charge in [-0.2, -0.15) is 0 Å². The van der Waals surface area contributed by atoms with Gasteiger partial charge in [0, 0.05) is 5.56 Å². The van der Waals surface area contributed by atoms with E-state index in [0.29, 0.717) is 5.56 Å². The summed E-state index contributed by atoms with van der Waals surface area (Å²) in [6.07, 6.45) is 2.63. The molecule has 3 rings (SSSR count). The number of carbonyl (C=O) groups is 2. The van der Waals surface area contributed by atoms with Crippen LogP contribution in [-0.4, -0.2) is 11.8 Å². The van der Waals surface area contributed by atoms with Crippen molar-refractivity contribution < 1.29 is 9.59 Å². The molecule has 0 fully saturated rings. The lowest BCUT2D eigenvalue weighted by Gasteiger charge is -2.21. The van der Waals surface area contributed by atoms with Crippen LogP contribution in [0, 0.1) is 0 Å². The first-order valence-corrected chi connectivity index (χ1v) is 7.64. The molecular formula is C19H18N2O2. The van der Waals surface area contributed by atoms with Gasteiger partial charge >= 0.3 is 0 Å². The molecule has 2 aromatic carbocycles. The Morgan fingerprint density at radius 3 is 2.35 bits per heavy atom. The summed E-state index contributed by atoms with van der Waals surface area (Å²) < 4.78 is 0. The maximum atomic E-state index is 12.4. The molecule has 2 aromatic rings. The van der Waals surface area contributed by atoms with Crippen molar-refractivity contribution in [3.63, 3.8) is 0 Å². The maximum Gasteiger partial charge on any atom is 0.265 e. The molecule has 23 heavy (non-hydrogen) atoms. The number of primary amides is 1. The summed E-state index contributed by atoms with van der Waals surface area (Å²) >= 11 is 0. The predicted octanol–water partition coefficient (Wildman–Crippen LogP) is 2.65. The van der Waals surface area contributed by atoms with Crippen LogP contribution in [0.1, 0.15) is 34.3 Å². The molecule has 1 aliphatic carbocycles. The van der Waals surface area contributed by atoms with E-state index in [0.717, 1.165) is 30.4 Å². The van der Waals surface area contributed by atoms with E-state index in [9.17, 15) is 9.59 Å². The highest BCUT2D eigenvalue weighted by Gasteiger charge is 2.22. The van der Waals surface area contributed by atoms with E-state index in [1.54, 1.807) is 24.3 Å². The number of aryl methyl sites for hydroxylation is 1. The first-order chi connectivity index (χ1) is 11.2. The van der Waals surface area contributed by atoms with E-state index in [2.05, 4.69) is 5.32 Å². The normalized spacial score (nSPS) is 15.5. The number of hydrogen-bond donors (Lipinski definition) is 2. The molecule has 0 atom stereocenters. The molecule has 0 saturated carbocycles. The van der Waals surface area contributed by atoms with Crippen molar-refractivity contribution >= 4 is 17.4 Å². The smallest absolute Gasteiger partial charge is 0.265 e. The summed E-state index contributed by atoms with van der Waals surface area (Å²) in [5, 5.41) is 2.71. The summed E-state index contributed by atoms with van der Waals surface area (Å²) in [7, 11) is 0. The molecule has 4 heteroatoms. The molecule has 0 radical (unpaired) electrons. The quantitative estimate of drug-likeness (QED) is 0.856. The Labute approximate surface area is 135 Å². The van der Waals surface area contributed by atoms with Gasteiger partial charge < -0.3 is 11.1 Å². The molecule has 1 aliphatic rings. The molecule has 0 bridgehead atoms. The van der Waals surface area contributed by atoms with Gasteiger partial charge in [-0.05, 0) is 48.1 Å². The second-order valence-corrected chi connectivity index (χ2v) is 5.55. The molecule has 4 nitrogen and oxygen atoms in total. The Balaban J connectivity index is 2.00. The first kappa shape index (κ1) is 15.0. The lowest BCUT2D eigenvalue weighted by molar-refractivity contribution is -0.114. The number of nitrogens with two attached hydrogens (primary N) is 1. The Kier molecular flexibility index (Phi) is 4.24. The van der Waals surface area contributed by atoms with E-state index in [-0.39, 0.29) is 11.6 Å². The molecule has 0 spiro atoms. The Bertz CT molecular complexity index is 779. The number of fused-ring (bicyclic) bond motifs is 1. The largest absolute Gasteiger partial charge is 0.364 e. The van der Waals surface area contributed by atoms with Crippen molar-refractivity contribution in [1.29, 1.82) is 0 Å². The van der Waals surface area contributed by atoms with Crippen LogP contribution in [0.3, 0.4) is 0 Å². The number of rotatable bonds is 3. The van der Waals surface area contributed by atoms with Gasteiger partial charge in [0.1, 0.15) is 5.70 Å². The minimum absolute atomic E-state index is 0.200. The highest BCUT2D eigenvalue weighted by atomic mass is 16.2. The fourth-order valence-electron chi connectivity index (χ4n) is 2.94. The SMILES string of the molecule is NC(=O)/C(NC(=O)c1ccccc1)=C1\CCCc2ccccc21. The lowest BCUT2D eigenvalue weighted by Crippen LogP contribution is -2.32. The topological polar surface area (TPSA) is 72.2 Å². The highest BCUT2D eigenvalue weighted by Crippen LogP contribution is 2.32. The highest BCUT2D eigenvalue weighted by molar-refractivity contribution is 6.07. The van der Waals surface area contributed by atoms with Crippen molar-refractivity contribution in [2.24, 2.45) is 5.73 Å². The van der Waals surface area contributed by atoms with E-state index in [4.69, 9.17) is 5.73 Å². The number of carbonyl (C=O) groups excluding carboxylic acids is 2. The monoisotopic (exact) mass is 306 g/mol. The second-order valence-electron chi connectivity index (χ2n) is 5.55. The number of amides is 2. The Morgan fingerprint density at radius 1 is 0.913 bits per heavy atom. The zero-order chi connectivity index (χ0) is 16.2. The average Bonchev–Trinajstić information content (AvgIpc) is 2.59. The van der Waals surface area contributed by atoms with Crippen LogP contribution in [0.25, 0.3) is 5.57 Å². The molecule has 0 heterocycles. The van der Waals surface area contributed by atoms with Crippen LogP contribution < -0.4 is 11.1 Å². The Morgan fingerprint density at radius 2 is 1.61 bits per heavy atom. The third-order valence-corrected chi connectivity index (χ3v) is 4.04. The van der Waals surface area contributed by atoms with Crippen LogP contribution in [-0.2, 0) is 11.2 Å². The number of allylic oxidation sites excluding steroid dienone is 1. The van der Waals surface area contributed by atoms with Crippen molar-refractivity contribution in [2.45, 2.75) is 19.3 Å². The van der Waals surface area contributed by atoms with Crippen LogP contribution in [0.2, 0.25) is 0 Å². The second kappa shape index (κ2) is 6.48. The molecule has 0 aliphatic heterocycles. The molecule has 0 unspecified atom stereocenters. The van der Waals surface area contributed by atoms with Gasteiger partial charge in [0.05, 0.1) is 0 Å². The third-order valence-electron chi connectivity index (χ3n) is 4.04. The van der Waals surface area contributed by atoms with Gasteiger partial charge in [0.25, 0.3) is 11.8 Å². The summed E-state index contributed by atoms with van der Waals surface area (Å²) in [4.78, 5) is 24.3. The van der Waals surface area contributed by atoms with Gasteiger partial charge in [-0.3, -0.25) is 9.59 Å². The summed E-state index contributed by atoms with van der Waals surface area (Å²) in [6.45, 7) is 0. The number of nitrogens with one attached hydrogen (secondary N) is 1. The predicted molar refractivity (Wildman–Crippen MR) is 89.4 cm³/mol. The van der Waals surface area contributed by atoms with Crippen LogP contribution in [0.4, 0.5) is 0 Å². The molecule has 116 valence electrons. The summed E-state index contributed by atoms with van der Waals surface area (Å²) in [6, 6.07) is 16.7. The van der Waals surface area contributed by atoms with Crippen molar-refractivity contribution in [3.8, 4) is 0 Å². The van der Waals surface area contributed by atoms with Crippen molar-refractivity contribution in [2.75, 3.05) is 0 Å². The molecule has 2 amide bonds. The van der Waals surface area contributed by atoms with Gasteiger partial charge in [-0.1, -0.05) is 42.5 Å². The van der Waals surface area contributed by atoms with Crippen LogP contribution >= 0.6 is 0 Å². The minimum Gasteiger partial charge on any atom is -0.364 e. The van der Waals surface area contributed by atoms with Gasteiger partial charge in [0.15, 0.2) is 0 Å². The van der Waals surface area contributed by atoms with E-state index in [1.807, 2.05) is 30.3 Å². The van der Waals surface area contributed by atoms with E-state index in [1.165, 1.54) is 5.56 Å². The van der Waals surface area contributed by atoms with Crippen molar-refractivity contribution in [3.05, 3.63) is 77.0 Å². The fourth-order valence-corrected chi connectivity index (χ4v) is 2.94. The number of hydrogen-bond acceptors (Lipinski definition) is 2. The third kappa shape index (κ3) is 3.16. The fraction of sp³-hybridized carbons (Fsp3) is 0.158. The van der Waals surface area contributed by atoms with Crippen molar-refractivity contribution in [1.82, 2.24) is 5.32 Å². The van der Waals surface area contributed by atoms with Gasteiger partial charge in [-0.25, -0.2) is 0 Å². The summed E-state index contributed by atoms with van der Waals surface area (Å²) in [5.74, 6) is -0.934. The zero-order valence-corrected chi connectivity index (χ0v) is 12.7. The molecule has 0 saturated heterocycles. The van der Waals surface area contributed by atoms with E-state index >= 15 is 0 Å². The van der Waals surface area contributed by atoms with Gasteiger partial charge in [-0.15, -0.1) is 0 Å². The maximum absolute atomic E-state index is 12.4. The number of benzene rings is 2. The zero-order valence-electron chi connectivity index (χ0n) is 12.7. The minimum atomic E-state index is -0.610. The Hall–Kier alpha value is -2.88. The van der Waals surface area contributed by atoms with Crippen LogP contribution in [0.5, 0.6) is 0 Å². The molecular weight excluding hydrogens is 288 g/mol. The summed E-state index contributed by atoms with van der Waals surface area (Å²) in [5.41, 5.74) is 9.24. The van der Waals surface area contributed by atoms with E-state index < -0.39 is 5.91 Å². The lowest BCUT2D eigenvalue weighted by atomic mass is 9.86. The van der Waals surface area contributed by atoms with Crippen LogP contribution in [0.15, 0.2) is 60.3 Å². The molecule has 0 aromatic heterocycles. The standard InChI is InChI=1S/C19H18N2O2/c20-18(22)17(21-19(23)14-8-2-1-3-9-14)16-12-6-10-13-7-4-5-11-15(13)16/h1-5,7-9,11H,6,10,12H2,(H2,20,22)(H,21,23)/b17-16-. The first-order valence-electron chi connectivity index (χ1n) is 7.64. The molecule has 3 N–H and O–H groups in total. The average molecular weight is 306 g/mol. The van der Waals surface area contributed by atoms with Gasteiger partial charge in [0.2, 0.25) is 0 Å².